The van der Waals surface area contributed by atoms with Gasteiger partial charge in [0.25, 0.3) is 5.91 Å². The van der Waals surface area contributed by atoms with Gasteiger partial charge in [0.1, 0.15) is 24.0 Å². The van der Waals surface area contributed by atoms with E-state index in [0.29, 0.717) is 22.8 Å². The molecule has 3 rings (SSSR count). The maximum atomic E-state index is 13.1. The van der Waals surface area contributed by atoms with Gasteiger partial charge in [0.15, 0.2) is 0 Å². The lowest BCUT2D eigenvalue weighted by Gasteiger charge is -2.26. The number of rotatable bonds is 7. The average Bonchev–Trinajstić information content (AvgIpc) is 2.93. The molecule has 1 aliphatic rings. The number of hydrogen-bond acceptors (Lipinski definition) is 4. The van der Waals surface area contributed by atoms with Crippen LogP contribution in [0.4, 0.5) is 4.79 Å². The number of carbonyl (C=O) groups excluding carboxylic acids is 2. The average molecular weight is 417 g/mol. The SMILES string of the molecule is CCC1(c2ccc(Cl)cc2)NC(=O)N(CC(O)COc2c(C)cccc2C)C1=O. The quantitative estimate of drug-likeness (QED) is 0.676. The summed E-state index contributed by atoms with van der Waals surface area (Å²) in [5.41, 5.74) is 1.42. The number of para-hydroxylation sites is 1. The summed E-state index contributed by atoms with van der Waals surface area (Å²) in [6.45, 7) is 5.51. The Kier molecular flexibility index (Phi) is 6.15. The van der Waals surface area contributed by atoms with Gasteiger partial charge in [0.05, 0.1) is 6.54 Å². The maximum absolute atomic E-state index is 13.1. The van der Waals surface area contributed by atoms with Crippen molar-refractivity contribution in [2.75, 3.05) is 13.2 Å². The number of benzene rings is 2. The number of β-amino-alcohol motifs (C(OH)–C–C–N with tert-alkyl or cyclic N) is 1. The number of aliphatic hydroxyl groups is 1. The number of halogens is 1. The third-order valence-corrected chi connectivity index (χ3v) is 5.52. The minimum atomic E-state index is -1.16. The number of imide groups is 1. The first-order valence-corrected chi connectivity index (χ1v) is 9.93. The van der Waals surface area contributed by atoms with E-state index in [9.17, 15) is 14.7 Å². The zero-order chi connectivity index (χ0) is 21.2. The highest BCUT2D eigenvalue weighted by molar-refractivity contribution is 6.30. The summed E-state index contributed by atoms with van der Waals surface area (Å²) < 4.78 is 5.75. The minimum absolute atomic E-state index is 0.0250. The molecule has 154 valence electrons. The number of aryl methyl sites for hydroxylation is 2. The molecule has 7 heteroatoms. The van der Waals surface area contributed by atoms with Crippen LogP contribution in [0.2, 0.25) is 5.02 Å². The van der Waals surface area contributed by atoms with Crippen LogP contribution in [0.3, 0.4) is 0 Å². The Morgan fingerprint density at radius 2 is 1.76 bits per heavy atom. The summed E-state index contributed by atoms with van der Waals surface area (Å²) in [6.07, 6.45) is -0.633. The van der Waals surface area contributed by atoms with Crippen LogP contribution >= 0.6 is 11.6 Å². The molecule has 1 fully saturated rings. The first-order chi connectivity index (χ1) is 13.8. The van der Waals surface area contributed by atoms with Gasteiger partial charge < -0.3 is 15.2 Å². The molecule has 3 amide bonds. The first-order valence-electron chi connectivity index (χ1n) is 9.55. The third-order valence-electron chi connectivity index (χ3n) is 5.27. The molecule has 1 saturated heterocycles. The largest absolute Gasteiger partial charge is 0.490 e. The second-order valence-corrected chi connectivity index (χ2v) is 7.73. The Morgan fingerprint density at radius 3 is 2.34 bits per heavy atom. The van der Waals surface area contributed by atoms with Crippen molar-refractivity contribution < 1.29 is 19.4 Å². The van der Waals surface area contributed by atoms with E-state index in [-0.39, 0.29) is 13.2 Å². The predicted octanol–water partition coefficient (Wildman–Crippen LogP) is 3.55. The van der Waals surface area contributed by atoms with E-state index in [1.165, 1.54) is 0 Å². The van der Waals surface area contributed by atoms with Crippen molar-refractivity contribution in [2.24, 2.45) is 0 Å². The van der Waals surface area contributed by atoms with E-state index in [1.54, 1.807) is 24.3 Å². The fourth-order valence-corrected chi connectivity index (χ4v) is 3.76. The molecule has 6 nitrogen and oxygen atoms in total. The molecule has 0 spiro atoms. The van der Waals surface area contributed by atoms with Crippen LogP contribution in [-0.4, -0.2) is 41.2 Å². The minimum Gasteiger partial charge on any atom is -0.490 e. The van der Waals surface area contributed by atoms with Crippen LogP contribution < -0.4 is 10.1 Å². The first kappa shape index (κ1) is 21.1. The van der Waals surface area contributed by atoms with E-state index in [4.69, 9.17) is 16.3 Å². The standard InChI is InChI=1S/C22H25ClN2O4/c1-4-22(16-8-10-17(23)11-9-16)20(27)25(21(28)24-22)12-18(26)13-29-19-14(2)6-5-7-15(19)3/h5-11,18,26H,4,12-13H2,1-3H3,(H,24,28). The molecule has 2 aromatic carbocycles. The second-order valence-electron chi connectivity index (χ2n) is 7.30. The zero-order valence-electron chi connectivity index (χ0n) is 16.7. The molecule has 29 heavy (non-hydrogen) atoms. The summed E-state index contributed by atoms with van der Waals surface area (Å²) in [5, 5.41) is 13.8. The van der Waals surface area contributed by atoms with E-state index in [0.717, 1.165) is 16.0 Å². The van der Waals surface area contributed by atoms with Gasteiger partial charge in [-0.15, -0.1) is 0 Å². The number of nitrogens with one attached hydrogen (secondary N) is 1. The normalized spacial score (nSPS) is 20.0. The van der Waals surface area contributed by atoms with Crippen molar-refractivity contribution in [3.05, 3.63) is 64.2 Å². The fourth-order valence-electron chi connectivity index (χ4n) is 3.64. The molecule has 0 bridgehead atoms. The molecule has 0 aromatic heterocycles. The van der Waals surface area contributed by atoms with Crippen LogP contribution in [-0.2, 0) is 10.3 Å². The van der Waals surface area contributed by atoms with Crippen molar-refractivity contribution in [1.29, 1.82) is 0 Å². The smallest absolute Gasteiger partial charge is 0.325 e. The highest BCUT2D eigenvalue weighted by atomic mass is 35.5. The van der Waals surface area contributed by atoms with Gasteiger partial charge in [-0.25, -0.2) is 4.79 Å². The molecule has 0 aliphatic carbocycles. The van der Waals surface area contributed by atoms with Crippen LogP contribution in [0, 0.1) is 13.8 Å². The maximum Gasteiger partial charge on any atom is 0.325 e. The van der Waals surface area contributed by atoms with Gasteiger partial charge in [0.2, 0.25) is 0 Å². The van der Waals surface area contributed by atoms with Gasteiger partial charge in [-0.1, -0.05) is 48.9 Å². The number of urea groups is 1. The van der Waals surface area contributed by atoms with E-state index in [1.807, 2.05) is 39.0 Å². The topological polar surface area (TPSA) is 78.9 Å². The molecule has 2 atom stereocenters. The number of hydrogen-bond donors (Lipinski definition) is 2. The van der Waals surface area contributed by atoms with Crippen LogP contribution in [0.1, 0.15) is 30.0 Å². The second kappa shape index (κ2) is 8.43. The van der Waals surface area contributed by atoms with Gasteiger partial charge in [-0.2, -0.15) is 0 Å². The monoisotopic (exact) mass is 416 g/mol. The Labute approximate surface area is 175 Å². The van der Waals surface area contributed by atoms with E-state index >= 15 is 0 Å². The lowest BCUT2D eigenvalue weighted by atomic mass is 9.87. The van der Waals surface area contributed by atoms with Crippen LogP contribution in [0.15, 0.2) is 42.5 Å². The molecular formula is C22H25ClN2O4. The molecule has 1 heterocycles. The molecular weight excluding hydrogens is 392 g/mol. The van der Waals surface area contributed by atoms with Crippen LogP contribution in [0.25, 0.3) is 0 Å². The Morgan fingerprint density at radius 1 is 1.14 bits per heavy atom. The van der Waals surface area contributed by atoms with Crippen molar-refractivity contribution in [3.63, 3.8) is 0 Å². The fraction of sp³-hybridized carbons (Fsp3) is 0.364. The number of amides is 3. The predicted molar refractivity (Wildman–Crippen MR) is 111 cm³/mol. The molecule has 2 unspecified atom stereocenters. The van der Waals surface area contributed by atoms with Crippen molar-refractivity contribution in [1.82, 2.24) is 10.2 Å². The van der Waals surface area contributed by atoms with Crippen molar-refractivity contribution >= 4 is 23.5 Å². The highest BCUT2D eigenvalue weighted by Crippen LogP contribution is 2.33. The summed E-state index contributed by atoms with van der Waals surface area (Å²) in [7, 11) is 0. The van der Waals surface area contributed by atoms with Crippen molar-refractivity contribution in [2.45, 2.75) is 38.8 Å². The number of aliphatic hydroxyl groups excluding tert-OH is 1. The lowest BCUT2D eigenvalue weighted by molar-refractivity contribution is -0.132. The Bertz CT molecular complexity index is 895. The highest BCUT2D eigenvalue weighted by Gasteiger charge is 2.51. The Balaban J connectivity index is 1.71. The van der Waals surface area contributed by atoms with E-state index in [2.05, 4.69) is 5.32 Å². The summed E-state index contributed by atoms with van der Waals surface area (Å²) >= 11 is 5.95. The van der Waals surface area contributed by atoms with E-state index < -0.39 is 23.6 Å². The molecule has 0 saturated carbocycles. The number of carbonyl (C=O) groups is 2. The molecule has 2 aromatic rings. The van der Waals surface area contributed by atoms with Gasteiger partial charge in [0, 0.05) is 5.02 Å². The third kappa shape index (κ3) is 4.09. The van der Waals surface area contributed by atoms with Gasteiger partial charge in [-0.05, 0) is 49.1 Å². The zero-order valence-corrected chi connectivity index (χ0v) is 17.5. The number of ether oxygens (including phenoxy) is 1. The summed E-state index contributed by atoms with van der Waals surface area (Å²) in [5.74, 6) is 0.311. The molecule has 0 radical (unpaired) electrons. The molecule has 1 aliphatic heterocycles. The van der Waals surface area contributed by atoms with Gasteiger partial charge in [-0.3, -0.25) is 9.69 Å². The van der Waals surface area contributed by atoms with Crippen molar-refractivity contribution in [3.8, 4) is 5.75 Å². The molecule has 2 N–H and O–H groups in total. The lowest BCUT2D eigenvalue weighted by Crippen LogP contribution is -2.44. The number of nitrogens with zero attached hydrogens (tertiary/aromatic N) is 1. The van der Waals surface area contributed by atoms with Gasteiger partial charge >= 0.3 is 6.03 Å². The van der Waals surface area contributed by atoms with Crippen LogP contribution in [0.5, 0.6) is 5.75 Å². The summed E-state index contributed by atoms with van der Waals surface area (Å²) in [6, 6.07) is 12.1. The summed E-state index contributed by atoms with van der Waals surface area (Å²) in [4.78, 5) is 26.7. The Hall–Kier alpha value is -2.57.